The van der Waals surface area contributed by atoms with Gasteiger partial charge in [-0.3, -0.25) is 4.79 Å². The first kappa shape index (κ1) is 14.4. The Morgan fingerprint density at radius 1 is 1.33 bits per heavy atom. The van der Waals surface area contributed by atoms with Crippen molar-refractivity contribution in [1.29, 1.82) is 0 Å². The zero-order valence-corrected chi connectivity index (χ0v) is 10.4. The predicted molar refractivity (Wildman–Crippen MR) is 59.6 cm³/mol. The molecule has 0 aliphatic carbocycles. The molecule has 15 heavy (non-hydrogen) atoms. The average Bonchev–Trinajstić information content (AvgIpc) is 1.73. The van der Waals surface area contributed by atoms with Crippen molar-refractivity contribution in [3.8, 4) is 0 Å². The van der Waals surface area contributed by atoms with Crippen LogP contribution in [-0.2, 0) is 4.79 Å². The molecule has 0 aliphatic rings. The van der Waals surface area contributed by atoms with Crippen LogP contribution in [0.4, 0.5) is 0 Å². The molecule has 0 saturated heterocycles. The van der Waals surface area contributed by atoms with E-state index >= 15 is 0 Å². The molecule has 0 rings (SSSR count). The zero-order valence-electron chi connectivity index (χ0n) is 10.4. The number of aliphatic carboxylic acids is 1. The molecule has 4 nitrogen and oxygen atoms in total. The Morgan fingerprint density at radius 2 is 1.80 bits per heavy atom. The van der Waals surface area contributed by atoms with Crippen LogP contribution in [0.2, 0.25) is 0 Å². The van der Waals surface area contributed by atoms with Crippen LogP contribution in [0.5, 0.6) is 0 Å². The molecule has 0 aromatic carbocycles. The Bertz CT molecular complexity index is 220. The van der Waals surface area contributed by atoms with Crippen LogP contribution >= 0.6 is 0 Å². The number of nitrogens with zero attached hydrogens (tertiary/aromatic N) is 1. The first-order valence-corrected chi connectivity index (χ1v) is 5.29. The fraction of sp³-hybridized carbons (Fsp3) is 0.909. The highest BCUT2D eigenvalue weighted by Crippen LogP contribution is 2.23. The Kier molecular flexibility index (Phi) is 4.74. The number of carboxylic acid groups (broad SMARTS) is 1. The van der Waals surface area contributed by atoms with Gasteiger partial charge in [-0.15, -0.1) is 0 Å². The first-order valence-electron chi connectivity index (χ1n) is 5.29. The van der Waals surface area contributed by atoms with E-state index in [-0.39, 0.29) is 6.42 Å². The lowest BCUT2D eigenvalue weighted by Gasteiger charge is -2.35. The van der Waals surface area contributed by atoms with Crippen molar-refractivity contribution in [1.82, 2.24) is 0 Å². The quantitative estimate of drug-likeness (QED) is 0.652. The molecular formula is C11H24NO3+. The SMILES string of the molecule is CC(C)C[C@@](O)(CC(=O)O)C[N+](C)(C)C. The number of rotatable bonds is 6. The molecule has 0 amide bonds. The largest absolute Gasteiger partial charge is 0.481 e. The minimum atomic E-state index is -1.10. The second kappa shape index (κ2) is 4.94. The molecule has 0 saturated carbocycles. The molecule has 90 valence electrons. The summed E-state index contributed by atoms with van der Waals surface area (Å²) in [5.41, 5.74) is -1.10. The molecule has 0 spiro atoms. The molecule has 2 N–H and O–H groups in total. The van der Waals surface area contributed by atoms with Crippen molar-refractivity contribution in [3.05, 3.63) is 0 Å². The number of aliphatic hydroxyl groups is 1. The minimum Gasteiger partial charge on any atom is -0.481 e. The number of likely N-dealkylation sites (N-methyl/N-ethyl adjacent to an activating group) is 1. The normalized spacial score (nSPS) is 16.5. The Labute approximate surface area is 92.1 Å². The van der Waals surface area contributed by atoms with Gasteiger partial charge in [-0.2, -0.15) is 0 Å². The smallest absolute Gasteiger partial charge is 0.306 e. The third kappa shape index (κ3) is 7.33. The van der Waals surface area contributed by atoms with Gasteiger partial charge in [-0.25, -0.2) is 0 Å². The number of carbonyl (C=O) groups is 1. The highest BCUT2D eigenvalue weighted by molar-refractivity contribution is 5.68. The highest BCUT2D eigenvalue weighted by Gasteiger charge is 2.36. The molecule has 0 aromatic rings. The van der Waals surface area contributed by atoms with Gasteiger partial charge in [-0.1, -0.05) is 13.8 Å². The van der Waals surface area contributed by atoms with E-state index < -0.39 is 11.6 Å². The van der Waals surface area contributed by atoms with Crippen LogP contribution in [0.15, 0.2) is 0 Å². The fourth-order valence-corrected chi connectivity index (χ4v) is 2.12. The number of quaternary nitrogens is 1. The van der Waals surface area contributed by atoms with E-state index in [9.17, 15) is 9.90 Å². The van der Waals surface area contributed by atoms with Crippen LogP contribution < -0.4 is 0 Å². The molecule has 4 heteroatoms. The Balaban J connectivity index is 4.61. The van der Waals surface area contributed by atoms with Crippen LogP contribution in [-0.4, -0.2) is 54.0 Å². The molecule has 0 aliphatic heterocycles. The van der Waals surface area contributed by atoms with E-state index in [2.05, 4.69) is 0 Å². The van der Waals surface area contributed by atoms with Gasteiger partial charge in [0.1, 0.15) is 12.1 Å². The van der Waals surface area contributed by atoms with Gasteiger partial charge in [0.2, 0.25) is 0 Å². The molecule has 0 bridgehead atoms. The van der Waals surface area contributed by atoms with E-state index in [0.717, 1.165) is 0 Å². The molecule has 0 fully saturated rings. The summed E-state index contributed by atoms with van der Waals surface area (Å²) in [5.74, 6) is -0.646. The van der Waals surface area contributed by atoms with Gasteiger partial charge < -0.3 is 14.7 Å². The van der Waals surface area contributed by atoms with E-state index in [4.69, 9.17) is 5.11 Å². The van der Waals surface area contributed by atoms with Gasteiger partial charge >= 0.3 is 5.97 Å². The van der Waals surface area contributed by atoms with Crippen LogP contribution in [0.25, 0.3) is 0 Å². The standard InChI is InChI=1S/C11H23NO3/c1-9(2)6-11(15,7-10(13)14)8-12(3,4)5/h9,15H,6-8H2,1-5H3/p+1/t11-/m1/s1. The van der Waals surface area contributed by atoms with Crippen LogP contribution in [0.3, 0.4) is 0 Å². The topological polar surface area (TPSA) is 57.5 Å². The predicted octanol–water partition coefficient (Wildman–Crippen LogP) is 0.944. The summed E-state index contributed by atoms with van der Waals surface area (Å²) >= 11 is 0. The van der Waals surface area contributed by atoms with E-state index in [0.29, 0.717) is 23.4 Å². The van der Waals surface area contributed by atoms with E-state index in [1.54, 1.807) is 0 Å². The second-order valence-corrected chi connectivity index (χ2v) is 5.84. The Morgan fingerprint density at radius 3 is 2.07 bits per heavy atom. The number of carboxylic acids is 1. The lowest BCUT2D eigenvalue weighted by atomic mass is 9.88. The van der Waals surface area contributed by atoms with Crippen molar-refractivity contribution in [2.24, 2.45) is 5.92 Å². The van der Waals surface area contributed by atoms with Crippen LogP contribution in [0, 0.1) is 5.92 Å². The number of hydrogen-bond donors (Lipinski definition) is 2. The summed E-state index contributed by atoms with van der Waals surface area (Å²) in [6, 6.07) is 0. The fourth-order valence-electron chi connectivity index (χ4n) is 2.12. The maximum atomic E-state index is 10.7. The summed E-state index contributed by atoms with van der Waals surface area (Å²) in [4.78, 5) is 10.7. The lowest BCUT2D eigenvalue weighted by Crippen LogP contribution is -2.50. The second-order valence-electron chi connectivity index (χ2n) is 5.84. The molecule has 1 atom stereocenters. The van der Waals surface area contributed by atoms with Gasteiger partial charge in [0.05, 0.1) is 27.6 Å². The van der Waals surface area contributed by atoms with Gasteiger partial charge in [0.15, 0.2) is 0 Å². The molecule has 0 unspecified atom stereocenters. The average molecular weight is 218 g/mol. The molecule has 0 aromatic heterocycles. The third-order valence-corrected chi connectivity index (χ3v) is 2.04. The van der Waals surface area contributed by atoms with Crippen LogP contribution in [0.1, 0.15) is 26.7 Å². The van der Waals surface area contributed by atoms with Crippen molar-refractivity contribution in [2.75, 3.05) is 27.7 Å². The molecule has 0 heterocycles. The summed E-state index contributed by atoms with van der Waals surface area (Å²) in [5, 5.41) is 19.1. The maximum Gasteiger partial charge on any atom is 0.306 e. The van der Waals surface area contributed by atoms with Crippen molar-refractivity contribution >= 4 is 5.97 Å². The van der Waals surface area contributed by atoms with Crippen molar-refractivity contribution < 1.29 is 19.5 Å². The molecular weight excluding hydrogens is 194 g/mol. The summed E-state index contributed by atoms with van der Waals surface area (Å²) < 4.78 is 0.566. The third-order valence-electron chi connectivity index (χ3n) is 2.04. The lowest BCUT2D eigenvalue weighted by molar-refractivity contribution is -0.877. The van der Waals surface area contributed by atoms with E-state index in [1.807, 2.05) is 35.0 Å². The highest BCUT2D eigenvalue weighted by atomic mass is 16.4. The minimum absolute atomic E-state index is 0.180. The zero-order chi connectivity index (χ0) is 12.3. The van der Waals surface area contributed by atoms with Gasteiger partial charge in [0, 0.05) is 0 Å². The maximum absolute atomic E-state index is 10.7. The Hall–Kier alpha value is -0.610. The molecule has 0 radical (unpaired) electrons. The summed E-state index contributed by atoms with van der Waals surface area (Å²) in [7, 11) is 5.85. The summed E-state index contributed by atoms with van der Waals surface area (Å²) in [6.07, 6.45) is 0.343. The number of hydrogen-bond acceptors (Lipinski definition) is 2. The first-order chi connectivity index (χ1) is 6.54. The van der Waals surface area contributed by atoms with E-state index in [1.165, 1.54) is 0 Å². The van der Waals surface area contributed by atoms with Crippen molar-refractivity contribution in [2.45, 2.75) is 32.3 Å². The van der Waals surface area contributed by atoms with Gasteiger partial charge in [-0.05, 0) is 12.3 Å². The summed E-state index contributed by atoms with van der Waals surface area (Å²) in [6.45, 7) is 4.43. The van der Waals surface area contributed by atoms with Gasteiger partial charge in [0.25, 0.3) is 0 Å². The van der Waals surface area contributed by atoms with Crippen molar-refractivity contribution in [3.63, 3.8) is 0 Å². The monoisotopic (exact) mass is 218 g/mol.